The standard InChI is InChI=1S/C57H36N2S/c1-3-16-37(17-4-1)41-34-35-47(44-21-8-7-20-43(41)44)53-36-52(58-56(59-53)40-18-5-2-6-19-40)39-32-30-38(31-33-39)42-24-15-28-51-55(42)60-54-29-14-13-27-50(54)57(51)48-25-11-9-22-45(48)46-23-10-12-26-49(46)57/h1-36H. The second-order valence-corrected chi connectivity index (χ2v) is 16.7. The largest absolute Gasteiger partial charge is 0.228 e. The van der Waals surface area contributed by atoms with Gasteiger partial charge in [-0.3, -0.25) is 0 Å². The molecule has 0 amide bonds. The first-order valence-corrected chi connectivity index (χ1v) is 21.3. The highest BCUT2D eigenvalue weighted by Gasteiger charge is 2.50. The molecule has 9 aromatic carbocycles. The fourth-order valence-electron chi connectivity index (χ4n) is 9.77. The van der Waals surface area contributed by atoms with Gasteiger partial charge in [0.25, 0.3) is 0 Å². The van der Waals surface area contributed by atoms with Gasteiger partial charge in [0.05, 0.1) is 16.8 Å². The summed E-state index contributed by atoms with van der Waals surface area (Å²) in [5.41, 5.74) is 17.3. The maximum atomic E-state index is 5.24. The van der Waals surface area contributed by atoms with Crippen molar-refractivity contribution in [1.82, 2.24) is 9.97 Å². The summed E-state index contributed by atoms with van der Waals surface area (Å²) in [6, 6.07) is 79.1. The van der Waals surface area contributed by atoms with Crippen LogP contribution in [0.3, 0.4) is 0 Å². The summed E-state index contributed by atoms with van der Waals surface area (Å²) in [6.45, 7) is 0. The summed E-state index contributed by atoms with van der Waals surface area (Å²) in [7, 11) is 0. The Morgan fingerprint density at radius 1 is 0.317 bits per heavy atom. The fourth-order valence-corrected chi connectivity index (χ4v) is 11.1. The molecule has 1 spiro atoms. The molecule has 0 N–H and O–H groups in total. The van der Waals surface area contributed by atoms with Gasteiger partial charge in [-0.2, -0.15) is 0 Å². The molecule has 2 heterocycles. The average Bonchev–Trinajstić information content (AvgIpc) is 3.62. The summed E-state index contributed by atoms with van der Waals surface area (Å²) in [5, 5.41) is 2.36. The lowest BCUT2D eigenvalue weighted by atomic mass is 9.67. The first kappa shape index (κ1) is 34.7. The number of rotatable bonds is 5. The zero-order valence-corrected chi connectivity index (χ0v) is 33.4. The van der Waals surface area contributed by atoms with Crippen LogP contribution in [0.5, 0.6) is 0 Å². The van der Waals surface area contributed by atoms with Gasteiger partial charge in [0.2, 0.25) is 0 Å². The molecular formula is C57H36N2S. The van der Waals surface area contributed by atoms with Crippen molar-refractivity contribution in [1.29, 1.82) is 0 Å². The summed E-state index contributed by atoms with van der Waals surface area (Å²) in [4.78, 5) is 13.1. The summed E-state index contributed by atoms with van der Waals surface area (Å²) in [5.74, 6) is 0.706. The van der Waals surface area contributed by atoms with E-state index in [0.29, 0.717) is 5.82 Å². The third-order valence-corrected chi connectivity index (χ3v) is 13.6. The van der Waals surface area contributed by atoms with E-state index in [4.69, 9.17) is 9.97 Å². The molecule has 1 aliphatic carbocycles. The van der Waals surface area contributed by atoms with Crippen LogP contribution >= 0.6 is 11.8 Å². The predicted octanol–water partition coefficient (Wildman–Crippen LogP) is 14.8. The fraction of sp³-hybridized carbons (Fsp3) is 0.0175. The second kappa shape index (κ2) is 13.9. The van der Waals surface area contributed by atoms with Gasteiger partial charge < -0.3 is 0 Å². The lowest BCUT2D eigenvalue weighted by molar-refractivity contribution is 0.723. The molecule has 3 heteroatoms. The van der Waals surface area contributed by atoms with E-state index < -0.39 is 5.41 Å². The Kier molecular flexibility index (Phi) is 8.04. The van der Waals surface area contributed by atoms with Crippen LogP contribution in [0.1, 0.15) is 22.3 Å². The normalized spacial score (nSPS) is 13.1. The molecule has 0 saturated heterocycles. The molecule has 0 atom stereocenters. The molecule has 1 aromatic heterocycles. The van der Waals surface area contributed by atoms with Crippen molar-refractivity contribution in [3.63, 3.8) is 0 Å². The van der Waals surface area contributed by atoms with Crippen LogP contribution in [0, 0.1) is 0 Å². The van der Waals surface area contributed by atoms with Crippen molar-refractivity contribution < 1.29 is 0 Å². The molecule has 60 heavy (non-hydrogen) atoms. The predicted molar refractivity (Wildman–Crippen MR) is 248 cm³/mol. The lowest BCUT2D eigenvalue weighted by Gasteiger charge is -2.40. The highest BCUT2D eigenvalue weighted by molar-refractivity contribution is 7.99. The quantitative estimate of drug-likeness (QED) is 0.174. The van der Waals surface area contributed by atoms with Gasteiger partial charge in [-0.05, 0) is 78.5 Å². The molecule has 1 aliphatic heterocycles. The van der Waals surface area contributed by atoms with Crippen LogP contribution in [-0.4, -0.2) is 9.97 Å². The molecule has 0 radical (unpaired) electrons. The van der Waals surface area contributed by atoms with Gasteiger partial charge in [-0.25, -0.2) is 9.97 Å². The Morgan fingerprint density at radius 2 is 0.817 bits per heavy atom. The molecule has 0 bridgehead atoms. The van der Waals surface area contributed by atoms with Crippen molar-refractivity contribution >= 4 is 22.5 Å². The molecule has 2 nitrogen and oxygen atoms in total. The minimum atomic E-state index is -0.408. The Hall–Kier alpha value is -7.33. The van der Waals surface area contributed by atoms with Gasteiger partial charge in [-0.1, -0.05) is 218 Å². The maximum absolute atomic E-state index is 5.24. The van der Waals surface area contributed by atoms with E-state index in [0.717, 1.165) is 33.5 Å². The Bertz CT molecular complexity index is 3240. The van der Waals surface area contributed by atoms with E-state index in [1.165, 1.54) is 70.8 Å². The van der Waals surface area contributed by atoms with Crippen molar-refractivity contribution in [3.05, 3.63) is 241 Å². The Morgan fingerprint density at radius 3 is 1.53 bits per heavy atom. The highest BCUT2D eigenvalue weighted by Crippen LogP contribution is 2.63. The lowest BCUT2D eigenvalue weighted by Crippen LogP contribution is -2.32. The minimum absolute atomic E-state index is 0.408. The maximum Gasteiger partial charge on any atom is 0.160 e. The first-order chi connectivity index (χ1) is 29.8. The number of nitrogens with zero attached hydrogens (tertiary/aromatic N) is 2. The van der Waals surface area contributed by atoms with Crippen molar-refractivity contribution in [2.24, 2.45) is 0 Å². The number of hydrogen-bond acceptors (Lipinski definition) is 3. The summed E-state index contributed by atoms with van der Waals surface area (Å²) < 4.78 is 0. The van der Waals surface area contributed by atoms with E-state index in [1.807, 2.05) is 30.0 Å². The van der Waals surface area contributed by atoms with Crippen LogP contribution in [0.4, 0.5) is 0 Å². The van der Waals surface area contributed by atoms with E-state index >= 15 is 0 Å². The highest BCUT2D eigenvalue weighted by atomic mass is 32.2. The van der Waals surface area contributed by atoms with Crippen LogP contribution in [0.25, 0.3) is 78.1 Å². The molecule has 10 aromatic rings. The number of aromatic nitrogens is 2. The second-order valence-electron chi connectivity index (χ2n) is 15.6. The van der Waals surface area contributed by atoms with E-state index in [-0.39, 0.29) is 0 Å². The van der Waals surface area contributed by atoms with Crippen LogP contribution in [-0.2, 0) is 5.41 Å². The van der Waals surface area contributed by atoms with Crippen LogP contribution < -0.4 is 0 Å². The van der Waals surface area contributed by atoms with E-state index in [9.17, 15) is 0 Å². The van der Waals surface area contributed by atoms with Crippen LogP contribution in [0.15, 0.2) is 228 Å². The van der Waals surface area contributed by atoms with Gasteiger partial charge in [0, 0.05) is 26.5 Å². The van der Waals surface area contributed by atoms with Crippen molar-refractivity contribution in [3.8, 4) is 67.3 Å². The van der Waals surface area contributed by atoms with Crippen LogP contribution in [0.2, 0.25) is 0 Å². The molecule has 12 rings (SSSR count). The molecule has 2 aliphatic rings. The first-order valence-electron chi connectivity index (χ1n) is 20.5. The monoisotopic (exact) mass is 780 g/mol. The molecule has 0 saturated carbocycles. The third-order valence-electron chi connectivity index (χ3n) is 12.4. The van der Waals surface area contributed by atoms with E-state index in [1.54, 1.807) is 0 Å². The molecular weight excluding hydrogens is 745 g/mol. The molecule has 280 valence electrons. The summed E-state index contributed by atoms with van der Waals surface area (Å²) in [6.07, 6.45) is 0. The topological polar surface area (TPSA) is 25.8 Å². The molecule has 0 unspecified atom stereocenters. The van der Waals surface area contributed by atoms with Gasteiger partial charge in [0.1, 0.15) is 0 Å². The summed E-state index contributed by atoms with van der Waals surface area (Å²) >= 11 is 1.89. The SMILES string of the molecule is c1ccc(-c2nc(-c3ccc(-c4cccc5c4Sc4ccccc4C54c5ccccc5-c5ccccc54)cc3)cc(-c3ccc(-c4ccccc4)c4ccccc34)n2)cc1. The van der Waals surface area contributed by atoms with Gasteiger partial charge >= 0.3 is 0 Å². The van der Waals surface area contributed by atoms with Crippen molar-refractivity contribution in [2.75, 3.05) is 0 Å². The number of benzene rings is 9. The van der Waals surface area contributed by atoms with E-state index in [2.05, 4.69) is 200 Å². The molecule has 0 fully saturated rings. The minimum Gasteiger partial charge on any atom is -0.228 e. The zero-order chi connectivity index (χ0) is 39.6. The Balaban J connectivity index is 0.998. The zero-order valence-electron chi connectivity index (χ0n) is 32.6. The number of hydrogen-bond donors (Lipinski definition) is 0. The smallest absolute Gasteiger partial charge is 0.160 e. The average molecular weight is 781 g/mol. The van der Waals surface area contributed by atoms with Gasteiger partial charge in [-0.15, -0.1) is 0 Å². The third kappa shape index (κ3) is 5.29. The van der Waals surface area contributed by atoms with Gasteiger partial charge in [0.15, 0.2) is 5.82 Å². The number of fused-ring (bicyclic) bond motifs is 10. The Labute approximate surface area is 353 Å². The van der Waals surface area contributed by atoms with Crippen molar-refractivity contribution in [2.45, 2.75) is 15.2 Å².